The number of benzene rings is 1. The van der Waals surface area contributed by atoms with Crippen molar-refractivity contribution in [2.75, 3.05) is 28.8 Å². The molecule has 1 aliphatic carbocycles. The van der Waals surface area contributed by atoms with Crippen molar-refractivity contribution < 1.29 is 17.8 Å². The summed E-state index contributed by atoms with van der Waals surface area (Å²) in [7, 11) is -3.82. The lowest BCUT2D eigenvalue weighted by atomic mass is 9.87. The number of Topliss-reactive ketones (excluding diaryl/α,β-unsaturated/α-hetero) is 1. The molecule has 7 heteroatoms. The molecule has 1 aromatic carbocycles. The second-order valence-electron chi connectivity index (χ2n) is 6.85. The Balaban J connectivity index is 0.000000197. The highest BCUT2D eigenvalue weighted by atomic mass is 32.2. The lowest BCUT2D eigenvalue weighted by Crippen LogP contribution is -2.31. The lowest BCUT2D eigenvalue weighted by Gasteiger charge is -2.21. The first-order valence-electron chi connectivity index (χ1n) is 9.13. The van der Waals surface area contributed by atoms with Crippen molar-refractivity contribution in [1.82, 2.24) is 0 Å². The van der Waals surface area contributed by atoms with Crippen molar-refractivity contribution in [3.8, 4) is 0 Å². The van der Waals surface area contributed by atoms with Gasteiger partial charge in [-0.05, 0) is 42.8 Å². The molecule has 1 heterocycles. The maximum absolute atomic E-state index is 12.1. The Kier molecular flexibility index (Phi) is 9.00. The summed E-state index contributed by atoms with van der Waals surface area (Å²) in [6.07, 6.45) is 6.31. The van der Waals surface area contributed by atoms with Gasteiger partial charge >= 0.3 is 0 Å². The average molecular weight is 417 g/mol. The van der Waals surface area contributed by atoms with Crippen LogP contribution in [0.2, 0.25) is 0 Å². The van der Waals surface area contributed by atoms with Gasteiger partial charge in [0, 0.05) is 17.4 Å². The van der Waals surface area contributed by atoms with Crippen LogP contribution in [-0.4, -0.2) is 47.5 Å². The molecule has 1 saturated heterocycles. The van der Waals surface area contributed by atoms with E-state index in [4.69, 9.17) is 0 Å². The summed E-state index contributed by atoms with van der Waals surface area (Å²) in [6.45, 7) is 1.82. The molecule has 1 aliphatic heterocycles. The van der Waals surface area contributed by atoms with Crippen molar-refractivity contribution in [1.29, 1.82) is 0 Å². The SMILES string of the molecule is Cc1ccc(S(=O)(=O)[O-])cc1.O=C(C[S+]1CCSCC1)C1CCCCC1. The zero-order chi connectivity index (χ0) is 19.0. The van der Waals surface area contributed by atoms with Gasteiger partial charge in [-0.15, -0.1) is 0 Å². The molecule has 0 unspecified atom stereocenters. The summed E-state index contributed by atoms with van der Waals surface area (Å²) in [5.74, 6) is 7.17. The van der Waals surface area contributed by atoms with Crippen LogP contribution in [0.4, 0.5) is 0 Å². The zero-order valence-corrected chi connectivity index (χ0v) is 17.8. The van der Waals surface area contributed by atoms with Gasteiger partial charge in [0.05, 0.1) is 4.90 Å². The summed E-state index contributed by atoms with van der Waals surface area (Å²) in [5, 5.41) is 0. The van der Waals surface area contributed by atoms with E-state index in [9.17, 15) is 17.8 Å². The third-order valence-electron chi connectivity index (χ3n) is 4.75. The molecule has 0 spiro atoms. The first-order chi connectivity index (χ1) is 12.4. The van der Waals surface area contributed by atoms with Crippen LogP contribution < -0.4 is 0 Å². The predicted molar refractivity (Wildman–Crippen MR) is 110 cm³/mol. The van der Waals surface area contributed by atoms with Crippen LogP contribution in [0.3, 0.4) is 0 Å². The molecule has 1 saturated carbocycles. The summed E-state index contributed by atoms with van der Waals surface area (Å²) in [5.41, 5.74) is 0.928. The summed E-state index contributed by atoms with van der Waals surface area (Å²) < 4.78 is 31.2. The van der Waals surface area contributed by atoms with Crippen molar-refractivity contribution in [3.63, 3.8) is 0 Å². The van der Waals surface area contributed by atoms with E-state index in [2.05, 4.69) is 11.8 Å². The van der Waals surface area contributed by atoms with Gasteiger partial charge in [-0.1, -0.05) is 37.0 Å². The second kappa shape index (κ2) is 10.7. The molecule has 2 fully saturated rings. The van der Waals surface area contributed by atoms with Crippen LogP contribution in [0, 0.1) is 12.8 Å². The fraction of sp³-hybridized carbons (Fsp3) is 0.632. The van der Waals surface area contributed by atoms with E-state index >= 15 is 0 Å². The van der Waals surface area contributed by atoms with E-state index in [0.29, 0.717) is 22.6 Å². The van der Waals surface area contributed by atoms with E-state index in [0.717, 1.165) is 11.3 Å². The van der Waals surface area contributed by atoms with Crippen LogP contribution in [-0.2, 0) is 25.8 Å². The second-order valence-corrected chi connectivity index (χ2v) is 11.8. The topological polar surface area (TPSA) is 74.3 Å². The van der Waals surface area contributed by atoms with Gasteiger partial charge in [-0.2, -0.15) is 11.8 Å². The molecule has 0 atom stereocenters. The third-order valence-corrected chi connectivity index (χ3v) is 9.36. The molecule has 0 aromatic heterocycles. The Morgan fingerprint density at radius 2 is 1.69 bits per heavy atom. The van der Waals surface area contributed by atoms with E-state index in [-0.39, 0.29) is 4.90 Å². The zero-order valence-electron chi connectivity index (χ0n) is 15.3. The number of hydrogen-bond donors (Lipinski definition) is 0. The highest BCUT2D eigenvalue weighted by Gasteiger charge is 2.30. The van der Waals surface area contributed by atoms with E-state index in [1.165, 1.54) is 67.2 Å². The van der Waals surface area contributed by atoms with Gasteiger partial charge < -0.3 is 4.55 Å². The van der Waals surface area contributed by atoms with Gasteiger partial charge in [0.2, 0.25) is 0 Å². The van der Waals surface area contributed by atoms with Crippen LogP contribution in [0.15, 0.2) is 29.2 Å². The van der Waals surface area contributed by atoms with Crippen LogP contribution in [0.5, 0.6) is 0 Å². The molecule has 2 aliphatic rings. The largest absolute Gasteiger partial charge is 0.744 e. The molecular formula is C19H28O4S3. The van der Waals surface area contributed by atoms with Gasteiger partial charge in [0.15, 0.2) is 11.5 Å². The predicted octanol–water partition coefficient (Wildman–Crippen LogP) is 3.40. The number of hydrogen-bond acceptors (Lipinski definition) is 5. The fourth-order valence-electron chi connectivity index (χ4n) is 3.15. The quantitative estimate of drug-likeness (QED) is 0.555. The lowest BCUT2D eigenvalue weighted by molar-refractivity contribution is -0.121. The summed E-state index contributed by atoms with van der Waals surface area (Å²) >= 11 is 2.06. The number of thioether (sulfide) groups is 1. The van der Waals surface area contributed by atoms with E-state index in [1.807, 2.05) is 6.92 Å². The third kappa shape index (κ3) is 7.62. The molecular weight excluding hydrogens is 388 g/mol. The van der Waals surface area contributed by atoms with Gasteiger partial charge in [0.25, 0.3) is 0 Å². The Morgan fingerprint density at radius 1 is 1.12 bits per heavy atom. The number of carbonyl (C=O) groups is 1. The maximum Gasteiger partial charge on any atom is 0.184 e. The van der Waals surface area contributed by atoms with Gasteiger partial charge in [0.1, 0.15) is 21.6 Å². The van der Waals surface area contributed by atoms with Crippen molar-refractivity contribution in [2.24, 2.45) is 5.92 Å². The number of ketones is 1. The minimum absolute atomic E-state index is 0.178. The van der Waals surface area contributed by atoms with Gasteiger partial charge in [-0.3, -0.25) is 4.79 Å². The molecule has 0 bridgehead atoms. The highest BCUT2D eigenvalue weighted by molar-refractivity contribution is 8.05. The average Bonchev–Trinajstić information content (AvgIpc) is 2.63. The first kappa shape index (κ1) is 21.8. The number of carbonyl (C=O) groups excluding carboxylic acids is 1. The Hall–Kier alpha value is -0.500. The Morgan fingerprint density at radius 3 is 2.23 bits per heavy atom. The minimum Gasteiger partial charge on any atom is -0.744 e. The Bertz CT molecular complexity index is 659. The molecule has 26 heavy (non-hydrogen) atoms. The van der Waals surface area contributed by atoms with Crippen molar-refractivity contribution in [2.45, 2.75) is 43.9 Å². The highest BCUT2D eigenvalue weighted by Crippen LogP contribution is 2.25. The first-order valence-corrected chi connectivity index (χ1v) is 13.4. The van der Waals surface area contributed by atoms with Crippen LogP contribution in [0.25, 0.3) is 0 Å². The molecule has 0 radical (unpaired) electrons. The molecule has 0 amide bonds. The summed E-state index contributed by atoms with van der Waals surface area (Å²) in [4.78, 5) is 11.9. The molecule has 4 nitrogen and oxygen atoms in total. The molecule has 3 rings (SSSR count). The monoisotopic (exact) mass is 416 g/mol. The smallest absolute Gasteiger partial charge is 0.184 e. The molecule has 0 N–H and O–H groups in total. The number of rotatable bonds is 4. The normalized spacial score (nSPS) is 19.5. The maximum atomic E-state index is 12.1. The van der Waals surface area contributed by atoms with Crippen molar-refractivity contribution >= 4 is 38.6 Å². The Labute approximate surface area is 164 Å². The molecule has 146 valence electrons. The van der Waals surface area contributed by atoms with Crippen molar-refractivity contribution in [3.05, 3.63) is 29.8 Å². The van der Waals surface area contributed by atoms with Crippen LogP contribution >= 0.6 is 11.8 Å². The van der Waals surface area contributed by atoms with Gasteiger partial charge in [-0.25, -0.2) is 8.42 Å². The standard InChI is InChI=1S/C12H21OS2.C7H8O3S/c13-12(11-4-2-1-3-5-11)10-15-8-6-14-7-9-15;1-6-2-4-7(5-3-6)11(8,9)10/h11H,1-10H2;2-5H,1H3,(H,8,9,10)/q+1;/p-1. The number of aryl methyl sites for hydroxylation is 1. The minimum atomic E-state index is -4.27. The fourth-order valence-corrected chi connectivity index (χ4v) is 7.78. The molecule has 1 aromatic rings. The van der Waals surface area contributed by atoms with Crippen LogP contribution in [0.1, 0.15) is 37.7 Å². The van der Waals surface area contributed by atoms with E-state index in [1.54, 1.807) is 12.1 Å². The van der Waals surface area contributed by atoms with E-state index < -0.39 is 10.1 Å². The summed E-state index contributed by atoms with van der Waals surface area (Å²) in [6, 6.07) is 5.78.